The molecule has 0 bridgehead atoms. The Kier molecular flexibility index (Phi) is 5.17. The van der Waals surface area contributed by atoms with E-state index in [4.69, 9.17) is 0 Å². The molecule has 138 valence electrons. The molecule has 0 unspecified atom stereocenters. The van der Waals surface area contributed by atoms with Gasteiger partial charge in [0, 0.05) is 25.8 Å². The van der Waals surface area contributed by atoms with Gasteiger partial charge in [0.05, 0.1) is 18.8 Å². The van der Waals surface area contributed by atoms with Crippen LogP contribution in [0, 0.1) is 0 Å². The van der Waals surface area contributed by atoms with Gasteiger partial charge in [0.25, 0.3) is 17.4 Å². The number of hydrogen-bond acceptors (Lipinski definition) is 5. The van der Waals surface area contributed by atoms with Crippen molar-refractivity contribution in [2.24, 2.45) is 0 Å². The minimum atomic E-state index is -0.405. The SMILES string of the molecule is CN(C)CCNC(=O)c1cc2n(n1)CCN(C(=O)c1ccc[nH]c1=O)C2. The summed E-state index contributed by atoms with van der Waals surface area (Å²) in [6.07, 6.45) is 1.49. The maximum atomic E-state index is 12.6. The molecule has 26 heavy (non-hydrogen) atoms. The Morgan fingerprint density at radius 1 is 1.35 bits per heavy atom. The largest absolute Gasteiger partial charge is 0.349 e. The lowest BCUT2D eigenvalue weighted by Gasteiger charge is -2.27. The van der Waals surface area contributed by atoms with Crippen molar-refractivity contribution in [3.8, 4) is 0 Å². The van der Waals surface area contributed by atoms with Crippen LogP contribution in [-0.2, 0) is 13.1 Å². The van der Waals surface area contributed by atoms with E-state index in [0.29, 0.717) is 31.9 Å². The van der Waals surface area contributed by atoms with E-state index in [9.17, 15) is 14.4 Å². The fourth-order valence-electron chi connectivity index (χ4n) is 2.79. The van der Waals surface area contributed by atoms with Crippen LogP contribution in [0.5, 0.6) is 0 Å². The number of nitrogens with zero attached hydrogens (tertiary/aromatic N) is 4. The molecule has 0 saturated heterocycles. The molecule has 3 rings (SSSR count). The van der Waals surface area contributed by atoms with Crippen LogP contribution in [0.4, 0.5) is 0 Å². The van der Waals surface area contributed by atoms with E-state index in [1.807, 2.05) is 19.0 Å². The Morgan fingerprint density at radius 2 is 2.15 bits per heavy atom. The van der Waals surface area contributed by atoms with Crippen molar-refractivity contribution in [2.45, 2.75) is 13.1 Å². The minimum Gasteiger partial charge on any atom is -0.349 e. The number of hydrogen-bond donors (Lipinski definition) is 2. The number of rotatable bonds is 5. The number of amides is 2. The summed E-state index contributed by atoms with van der Waals surface area (Å²) in [4.78, 5) is 42.7. The maximum absolute atomic E-state index is 12.6. The summed E-state index contributed by atoms with van der Waals surface area (Å²) in [5.41, 5.74) is 0.819. The monoisotopic (exact) mass is 358 g/mol. The quantitative estimate of drug-likeness (QED) is 0.751. The van der Waals surface area contributed by atoms with Crippen LogP contribution in [0.1, 0.15) is 26.5 Å². The number of aromatic amines is 1. The molecular weight excluding hydrogens is 336 g/mol. The van der Waals surface area contributed by atoms with Crippen molar-refractivity contribution in [1.82, 2.24) is 29.9 Å². The van der Waals surface area contributed by atoms with E-state index in [1.54, 1.807) is 21.7 Å². The smallest absolute Gasteiger partial charge is 0.271 e. The average molecular weight is 358 g/mol. The first-order chi connectivity index (χ1) is 12.5. The Morgan fingerprint density at radius 3 is 2.88 bits per heavy atom. The zero-order chi connectivity index (χ0) is 18.7. The normalized spacial score (nSPS) is 13.6. The zero-order valence-electron chi connectivity index (χ0n) is 14.9. The summed E-state index contributed by atoms with van der Waals surface area (Å²) in [6, 6.07) is 4.83. The third-order valence-corrected chi connectivity index (χ3v) is 4.21. The van der Waals surface area contributed by atoms with Gasteiger partial charge in [-0.05, 0) is 32.3 Å². The first kappa shape index (κ1) is 17.9. The van der Waals surface area contributed by atoms with Crippen molar-refractivity contribution in [3.63, 3.8) is 0 Å². The molecule has 3 heterocycles. The fourth-order valence-corrected chi connectivity index (χ4v) is 2.79. The Labute approximate surface area is 150 Å². The molecule has 1 aliphatic heterocycles. The van der Waals surface area contributed by atoms with Crippen molar-refractivity contribution in [3.05, 3.63) is 51.7 Å². The summed E-state index contributed by atoms with van der Waals surface area (Å²) in [5.74, 6) is -0.553. The van der Waals surface area contributed by atoms with Gasteiger partial charge in [0.2, 0.25) is 0 Å². The predicted molar refractivity (Wildman–Crippen MR) is 94.9 cm³/mol. The second-order valence-electron chi connectivity index (χ2n) is 6.44. The predicted octanol–water partition coefficient (Wildman–Crippen LogP) is -0.481. The number of H-pyrrole nitrogens is 1. The van der Waals surface area contributed by atoms with Gasteiger partial charge in [-0.25, -0.2) is 0 Å². The van der Waals surface area contributed by atoms with Gasteiger partial charge < -0.3 is 20.1 Å². The van der Waals surface area contributed by atoms with Gasteiger partial charge in [-0.2, -0.15) is 5.10 Å². The van der Waals surface area contributed by atoms with Gasteiger partial charge in [-0.1, -0.05) is 0 Å². The van der Waals surface area contributed by atoms with Crippen LogP contribution >= 0.6 is 0 Å². The first-order valence-electron chi connectivity index (χ1n) is 8.42. The third-order valence-electron chi connectivity index (χ3n) is 4.21. The molecular formula is C17H22N6O3. The molecule has 0 fully saturated rings. The minimum absolute atomic E-state index is 0.113. The lowest BCUT2D eigenvalue weighted by Crippen LogP contribution is -2.40. The topological polar surface area (TPSA) is 103 Å². The number of fused-ring (bicyclic) bond motifs is 1. The molecule has 9 nitrogen and oxygen atoms in total. The van der Waals surface area contributed by atoms with Crippen LogP contribution in [0.2, 0.25) is 0 Å². The highest BCUT2D eigenvalue weighted by molar-refractivity contribution is 5.94. The summed E-state index contributed by atoms with van der Waals surface area (Å²) in [6.45, 7) is 2.51. The molecule has 0 spiro atoms. The van der Waals surface area contributed by atoms with Crippen LogP contribution in [0.25, 0.3) is 0 Å². The van der Waals surface area contributed by atoms with E-state index >= 15 is 0 Å². The van der Waals surface area contributed by atoms with Crippen LogP contribution in [-0.4, -0.2) is 70.1 Å². The molecule has 0 aromatic carbocycles. The third kappa shape index (κ3) is 3.83. The van der Waals surface area contributed by atoms with Gasteiger partial charge >= 0.3 is 0 Å². The Hall–Kier alpha value is -2.94. The van der Waals surface area contributed by atoms with Crippen LogP contribution in [0.3, 0.4) is 0 Å². The highest BCUT2D eigenvalue weighted by Crippen LogP contribution is 2.15. The summed E-state index contributed by atoms with van der Waals surface area (Å²) >= 11 is 0. The van der Waals surface area contributed by atoms with Crippen molar-refractivity contribution >= 4 is 11.8 Å². The Bertz CT molecular complexity index is 869. The van der Waals surface area contributed by atoms with Crippen molar-refractivity contribution in [1.29, 1.82) is 0 Å². The molecule has 0 atom stereocenters. The highest BCUT2D eigenvalue weighted by atomic mass is 16.2. The molecule has 2 aromatic heterocycles. The molecule has 2 N–H and O–H groups in total. The van der Waals surface area contributed by atoms with Gasteiger partial charge in [-0.3, -0.25) is 19.1 Å². The van der Waals surface area contributed by atoms with E-state index in [0.717, 1.165) is 12.2 Å². The van der Waals surface area contributed by atoms with Crippen LogP contribution < -0.4 is 10.9 Å². The maximum Gasteiger partial charge on any atom is 0.271 e. The van der Waals surface area contributed by atoms with E-state index in [1.165, 1.54) is 12.3 Å². The number of carbonyl (C=O) groups is 2. The molecule has 9 heteroatoms. The molecule has 1 aliphatic rings. The van der Waals surface area contributed by atoms with Crippen molar-refractivity contribution < 1.29 is 9.59 Å². The van der Waals surface area contributed by atoms with Crippen LogP contribution in [0.15, 0.2) is 29.2 Å². The highest BCUT2D eigenvalue weighted by Gasteiger charge is 2.25. The Balaban J connectivity index is 1.68. The molecule has 0 saturated carbocycles. The molecule has 2 amide bonds. The number of carbonyl (C=O) groups excluding carboxylic acids is 2. The van der Waals surface area contributed by atoms with Gasteiger partial charge in [-0.15, -0.1) is 0 Å². The van der Waals surface area contributed by atoms with E-state index in [-0.39, 0.29) is 17.4 Å². The van der Waals surface area contributed by atoms with Gasteiger partial charge in [0.15, 0.2) is 5.69 Å². The standard InChI is InChI=1S/C17H22N6O3/c1-21(2)7-6-19-16(25)14-10-12-11-22(8-9-23(12)20-14)17(26)13-4-3-5-18-15(13)24/h3-5,10H,6-9,11H2,1-2H3,(H,18,24)(H,19,25). The second kappa shape index (κ2) is 7.52. The molecule has 2 aromatic rings. The fraction of sp³-hybridized carbons (Fsp3) is 0.412. The van der Waals surface area contributed by atoms with Crippen molar-refractivity contribution in [2.75, 3.05) is 33.7 Å². The number of pyridine rings is 1. The molecule has 0 aliphatic carbocycles. The summed E-state index contributed by atoms with van der Waals surface area (Å²) in [5, 5.41) is 7.14. The average Bonchev–Trinajstić information content (AvgIpc) is 3.04. The lowest BCUT2D eigenvalue weighted by molar-refractivity contribution is 0.0703. The molecule has 0 radical (unpaired) electrons. The summed E-state index contributed by atoms with van der Waals surface area (Å²) < 4.78 is 1.74. The number of aromatic nitrogens is 3. The van der Waals surface area contributed by atoms with E-state index < -0.39 is 5.56 Å². The van der Waals surface area contributed by atoms with Gasteiger partial charge in [0.1, 0.15) is 5.56 Å². The van der Waals surface area contributed by atoms with E-state index in [2.05, 4.69) is 15.4 Å². The number of nitrogens with one attached hydrogen (secondary N) is 2. The summed E-state index contributed by atoms with van der Waals surface area (Å²) in [7, 11) is 3.87. The zero-order valence-corrected chi connectivity index (χ0v) is 14.9. The lowest BCUT2D eigenvalue weighted by atomic mass is 10.2. The first-order valence-corrected chi connectivity index (χ1v) is 8.42. The second-order valence-corrected chi connectivity index (χ2v) is 6.44. The number of likely N-dealkylation sites (N-methyl/N-ethyl adjacent to an activating group) is 1.